The number of carbonyl (C=O) groups is 1. The molecule has 2 aliphatic rings. The molecular weight excluding hydrogens is 290 g/mol. The second-order valence-corrected chi connectivity index (χ2v) is 6.74. The van der Waals surface area contributed by atoms with E-state index in [1.54, 1.807) is 7.05 Å². The molecule has 0 aromatic rings. The summed E-state index contributed by atoms with van der Waals surface area (Å²) in [5.41, 5.74) is 0. The largest absolute Gasteiger partial charge is 0.355 e. The van der Waals surface area contributed by atoms with Gasteiger partial charge in [-0.15, -0.1) is 0 Å². The van der Waals surface area contributed by atoms with Gasteiger partial charge in [0, 0.05) is 51.7 Å². The summed E-state index contributed by atoms with van der Waals surface area (Å²) in [6, 6.07) is 1.07. The van der Waals surface area contributed by atoms with Crippen LogP contribution < -0.4 is 10.6 Å². The normalized spacial score (nSPS) is 22.9. The second kappa shape index (κ2) is 9.11. The molecule has 2 N–H and O–H groups in total. The number of hydrogen-bond acceptors (Lipinski definition) is 3. The van der Waals surface area contributed by atoms with E-state index in [9.17, 15) is 4.79 Å². The van der Waals surface area contributed by atoms with Crippen molar-refractivity contribution in [1.29, 1.82) is 0 Å². The lowest BCUT2D eigenvalue weighted by molar-refractivity contribution is -0.129. The summed E-state index contributed by atoms with van der Waals surface area (Å²) >= 11 is 0. The predicted octanol–water partition coefficient (Wildman–Crippen LogP) is 1.04. The quantitative estimate of drug-likeness (QED) is 0.566. The van der Waals surface area contributed by atoms with E-state index in [-0.39, 0.29) is 5.91 Å². The number of likely N-dealkylation sites (tertiary alicyclic amines) is 1. The monoisotopic (exact) mass is 323 g/mol. The number of nitrogens with one attached hydrogen (secondary N) is 2. The zero-order valence-electron chi connectivity index (χ0n) is 15.0. The molecule has 1 aliphatic heterocycles. The molecule has 1 heterocycles. The summed E-state index contributed by atoms with van der Waals surface area (Å²) < 4.78 is 0. The smallest absolute Gasteiger partial charge is 0.222 e. The molecule has 23 heavy (non-hydrogen) atoms. The Bertz CT molecular complexity index is 406. The van der Waals surface area contributed by atoms with Crippen molar-refractivity contribution >= 4 is 11.9 Å². The molecule has 6 heteroatoms. The lowest BCUT2D eigenvalue weighted by Gasteiger charge is -2.25. The summed E-state index contributed by atoms with van der Waals surface area (Å²) in [5, 5.41) is 6.85. The van der Waals surface area contributed by atoms with E-state index in [1.165, 1.54) is 25.7 Å². The molecule has 1 atom stereocenters. The fourth-order valence-electron chi connectivity index (χ4n) is 3.59. The van der Waals surface area contributed by atoms with Crippen molar-refractivity contribution in [3.05, 3.63) is 0 Å². The van der Waals surface area contributed by atoms with Gasteiger partial charge in [-0.1, -0.05) is 19.8 Å². The molecule has 1 saturated carbocycles. The van der Waals surface area contributed by atoms with Crippen LogP contribution >= 0.6 is 0 Å². The van der Waals surface area contributed by atoms with Gasteiger partial charge in [0.25, 0.3) is 0 Å². The molecule has 0 bridgehead atoms. The highest BCUT2D eigenvalue weighted by molar-refractivity contribution is 5.80. The second-order valence-electron chi connectivity index (χ2n) is 6.74. The standard InChI is InChI=1S/C17H33N5O/c1-4-16(23)22-11-9-14(13-22)20-17(18-2)19-10-12-21(3)15-7-5-6-8-15/h14-15H,4-13H2,1-3H3,(H2,18,19,20). The van der Waals surface area contributed by atoms with Crippen LogP contribution in [0.2, 0.25) is 0 Å². The van der Waals surface area contributed by atoms with Gasteiger partial charge in [0.05, 0.1) is 0 Å². The number of amides is 1. The van der Waals surface area contributed by atoms with E-state index >= 15 is 0 Å². The van der Waals surface area contributed by atoms with E-state index in [0.717, 1.165) is 44.6 Å². The molecule has 0 aromatic carbocycles. The number of aliphatic imine (C=N–C) groups is 1. The zero-order chi connectivity index (χ0) is 16.7. The minimum absolute atomic E-state index is 0.246. The summed E-state index contributed by atoms with van der Waals surface area (Å²) in [4.78, 5) is 20.4. The number of rotatable bonds is 6. The molecule has 2 fully saturated rings. The highest BCUT2D eigenvalue weighted by Crippen LogP contribution is 2.21. The highest BCUT2D eigenvalue weighted by Gasteiger charge is 2.25. The van der Waals surface area contributed by atoms with Crippen LogP contribution in [-0.4, -0.2) is 74.0 Å². The molecule has 1 saturated heterocycles. The molecule has 2 rings (SSSR count). The fraction of sp³-hybridized carbons (Fsp3) is 0.882. The van der Waals surface area contributed by atoms with E-state index in [2.05, 4.69) is 27.6 Å². The third-order valence-corrected chi connectivity index (χ3v) is 5.11. The first-order valence-corrected chi connectivity index (χ1v) is 9.09. The molecule has 6 nitrogen and oxygen atoms in total. The Morgan fingerprint density at radius 3 is 2.70 bits per heavy atom. The number of hydrogen-bond donors (Lipinski definition) is 2. The lowest BCUT2D eigenvalue weighted by atomic mass is 10.2. The van der Waals surface area contributed by atoms with Crippen molar-refractivity contribution in [2.45, 2.75) is 57.5 Å². The van der Waals surface area contributed by atoms with E-state index in [1.807, 2.05) is 11.8 Å². The van der Waals surface area contributed by atoms with Gasteiger partial charge in [0.15, 0.2) is 5.96 Å². The Labute approximate surface area is 140 Å². The molecule has 132 valence electrons. The van der Waals surface area contributed by atoms with Crippen LogP contribution in [0.4, 0.5) is 0 Å². The molecule has 1 amide bonds. The van der Waals surface area contributed by atoms with Gasteiger partial charge in [-0.05, 0) is 26.3 Å². The van der Waals surface area contributed by atoms with E-state index < -0.39 is 0 Å². The van der Waals surface area contributed by atoms with Crippen LogP contribution in [0.1, 0.15) is 45.4 Å². The minimum Gasteiger partial charge on any atom is -0.355 e. The van der Waals surface area contributed by atoms with Crippen molar-refractivity contribution in [3.63, 3.8) is 0 Å². The van der Waals surface area contributed by atoms with Crippen molar-refractivity contribution in [2.24, 2.45) is 4.99 Å². The molecule has 0 radical (unpaired) electrons. The van der Waals surface area contributed by atoms with Crippen molar-refractivity contribution < 1.29 is 4.79 Å². The Balaban J connectivity index is 1.66. The van der Waals surface area contributed by atoms with Gasteiger partial charge in [0.1, 0.15) is 0 Å². The van der Waals surface area contributed by atoms with Gasteiger partial charge < -0.3 is 20.4 Å². The maximum absolute atomic E-state index is 11.7. The lowest BCUT2D eigenvalue weighted by Crippen LogP contribution is -2.47. The summed E-state index contributed by atoms with van der Waals surface area (Å²) in [6.45, 7) is 5.50. The Kier molecular flexibility index (Phi) is 7.15. The summed E-state index contributed by atoms with van der Waals surface area (Å²) in [7, 11) is 4.03. The van der Waals surface area contributed by atoms with Crippen LogP contribution in [-0.2, 0) is 4.79 Å². The number of guanidine groups is 1. The molecule has 0 spiro atoms. The SMILES string of the molecule is CCC(=O)N1CCC(NC(=NC)NCCN(C)C2CCCC2)C1. The third kappa shape index (κ3) is 5.37. The Morgan fingerprint density at radius 2 is 2.04 bits per heavy atom. The summed E-state index contributed by atoms with van der Waals surface area (Å²) in [5.74, 6) is 1.09. The topological polar surface area (TPSA) is 60.0 Å². The fourth-order valence-corrected chi connectivity index (χ4v) is 3.59. The average Bonchev–Trinajstić information content (AvgIpc) is 3.24. The third-order valence-electron chi connectivity index (χ3n) is 5.11. The molecule has 1 unspecified atom stereocenters. The van der Waals surface area contributed by atoms with Crippen LogP contribution in [0.5, 0.6) is 0 Å². The van der Waals surface area contributed by atoms with Gasteiger partial charge in [0.2, 0.25) is 5.91 Å². The first kappa shape index (κ1) is 18.0. The maximum Gasteiger partial charge on any atom is 0.222 e. The first-order chi connectivity index (χ1) is 11.1. The highest BCUT2D eigenvalue weighted by atomic mass is 16.2. The first-order valence-electron chi connectivity index (χ1n) is 9.09. The van der Waals surface area contributed by atoms with Crippen LogP contribution in [0, 0.1) is 0 Å². The van der Waals surface area contributed by atoms with Crippen molar-refractivity contribution in [2.75, 3.05) is 40.3 Å². The Hall–Kier alpha value is -1.30. The molecule has 0 aromatic heterocycles. The maximum atomic E-state index is 11.7. The van der Waals surface area contributed by atoms with Crippen LogP contribution in [0.15, 0.2) is 4.99 Å². The van der Waals surface area contributed by atoms with Gasteiger partial charge in [-0.3, -0.25) is 9.79 Å². The zero-order valence-corrected chi connectivity index (χ0v) is 15.0. The van der Waals surface area contributed by atoms with Crippen molar-refractivity contribution in [3.8, 4) is 0 Å². The number of likely N-dealkylation sites (N-methyl/N-ethyl adjacent to an activating group) is 1. The van der Waals surface area contributed by atoms with Gasteiger partial charge in [-0.2, -0.15) is 0 Å². The minimum atomic E-state index is 0.246. The van der Waals surface area contributed by atoms with Gasteiger partial charge in [-0.25, -0.2) is 0 Å². The average molecular weight is 323 g/mol. The number of nitrogens with zero attached hydrogens (tertiary/aromatic N) is 3. The van der Waals surface area contributed by atoms with Crippen LogP contribution in [0.3, 0.4) is 0 Å². The Morgan fingerprint density at radius 1 is 1.30 bits per heavy atom. The van der Waals surface area contributed by atoms with Gasteiger partial charge >= 0.3 is 0 Å². The van der Waals surface area contributed by atoms with Crippen LogP contribution in [0.25, 0.3) is 0 Å². The van der Waals surface area contributed by atoms with Crippen molar-refractivity contribution in [1.82, 2.24) is 20.4 Å². The van der Waals surface area contributed by atoms with E-state index in [0.29, 0.717) is 12.5 Å². The predicted molar refractivity (Wildman–Crippen MR) is 94.7 cm³/mol. The molecule has 1 aliphatic carbocycles. The molecular formula is C17H33N5O. The number of carbonyl (C=O) groups excluding carboxylic acids is 1. The summed E-state index contributed by atoms with van der Waals surface area (Å²) in [6.07, 6.45) is 7.02. The van der Waals surface area contributed by atoms with E-state index in [4.69, 9.17) is 0 Å².